The van der Waals surface area contributed by atoms with Gasteiger partial charge >= 0.3 is 0 Å². The van der Waals surface area contributed by atoms with E-state index in [1.165, 1.54) is 83.7 Å². The van der Waals surface area contributed by atoms with Gasteiger partial charge < -0.3 is 14.2 Å². The number of anilines is 6. The number of nitrogens with zero attached hydrogens (tertiary/aromatic N) is 2. The molecule has 57 heavy (non-hydrogen) atoms. The number of hydrogen-bond acceptors (Lipinski definition) is 3. The zero-order valence-electron chi connectivity index (χ0n) is 36.3. The standard InChI is InChI=1S/C53H57BN2O/c1-32-26-43-48-44(27-32)56(38-29-35(52(8,9)10)28-36(30-38)53(11,12)13)49-40(23-25-46-47(49)39-16-14-15-17-45(39)57-46)54(48)41-31-34(51(5,6)7)20-24-42(41)55(43)37-21-18-33(19-22-37)50(2,3)4/h14-31H,1-13H3. The maximum absolute atomic E-state index is 6.68. The molecule has 4 heteroatoms. The molecule has 9 rings (SSSR count). The molecule has 2 aliphatic heterocycles. The van der Waals surface area contributed by atoms with E-state index in [0.29, 0.717) is 0 Å². The molecule has 0 saturated carbocycles. The zero-order chi connectivity index (χ0) is 40.6. The van der Waals surface area contributed by atoms with Crippen molar-refractivity contribution >= 4 is 79.2 Å². The van der Waals surface area contributed by atoms with Crippen LogP contribution < -0.4 is 26.2 Å². The number of benzene rings is 6. The van der Waals surface area contributed by atoms with Crippen LogP contribution in [0.5, 0.6) is 0 Å². The maximum Gasteiger partial charge on any atom is 0.252 e. The second-order valence-corrected chi connectivity index (χ2v) is 20.9. The molecule has 3 nitrogen and oxygen atoms in total. The summed E-state index contributed by atoms with van der Waals surface area (Å²) in [4.78, 5) is 5.14. The minimum absolute atomic E-state index is 0.00944. The van der Waals surface area contributed by atoms with Gasteiger partial charge in [-0.1, -0.05) is 138 Å². The first-order valence-electron chi connectivity index (χ1n) is 20.8. The van der Waals surface area contributed by atoms with E-state index in [0.717, 1.165) is 16.6 Å². The molecule has 6 aromatic carbocycles. The highest BCUT2D eigenvalue weighted by Crippen LogP contribution is 2.49. The van der Waals surface area contributed by atoms with Crippen LogP contribution in [0.25, 0.3) is 21.9 Å². The van der Waals surface area contributed by atoms with Crippen LogP contribution in [0.4, 0.5) is 34.1 Å². The normalized spacial score (nSPS) is 14.3. The van der Waals surface area contributed by atoms with Gasteiger partial charge in [-0.05, 0) is 127 Å². The van der Waals surface area contributed by atoms with Crippen molar-refractivity contribution < 1.29 is 4.42 Å². The van der Waals surface area contributed by atoms with Crippen molar-refractivity contribution in [3.8, 4) is 0 Å². The second kappa shape index (κ2) is 12.4. The van der Waals surface area contributed by atoms with Crippen molar-refractivity contribution in [2.24, 2.45) is 0 Å². The van der Waals surface area contributed by atoms with E-state index in [1.54, 1.807) is 0 Å². The lowest BCUT2D eigenvalue weighted by atomic mass is 9.33. The summed E-state index contributed by atoms with van der Waals surface area (Å²) >= 11 is 0. The van der Waals surface area contributed by atoms with Crippen LogP contribution in [-0.4, -0.2) is 6.71 Å². The molecule has 3 heterocycles. The van der Waals surface area contributed by atoms with Crippen molar-refractivity contribution in [3.63, 3.8) is 0 Å². The molecule has 0 atom stereocenters. The van der Waals surface area contributed by atoms with Crippen LogP contribution in [0.1, 0.15) is 111 Å². The van der Waals surface area contributed by atoms with Gasteiger partial charge in [0.1, 0.15) is 11.2 Å². The first-order valence-corrected chi connectivity index (χ1v) is 20.8. The predicted octanol–water partition coefficient (Wildman–Crippen LogP) is 13.2. The monoisotopic (exact) mass is 748 g/mol. The third-order valence-electron chi connectivity index (χ3n) is 12.5. The van der Waals surface area contributed by atoms with Gasteiger partial charge in [-0.25, -0.2) is 0 Å². The van der Waals surface area contributed by atoms with Crippen LogP contribution in [0.3, 0.4) is 0 Å². The second-order valence-electron chi connectivity index (χ2n) is 20.9. The first kappa shape index (κ1) is 37.4. The fourth-order valence-electron chi connectivity index (χ4n) is 9.16. The largest absolute Gasteiger partial charge is 0.456 e. The Hall–Kier alpha value is -5.22. The van der Waals surface area contributed by atoms with Crippen LogP contribution >= 0.6 is 0 Å². The molecule has 0 spiro atoms. The zero-order valence-corrected chi connectivity index (χ0v) is 36.3. The smallest absolute Gasteiger partial charge is 0.252 e. The number of para-hydroxylation sites is 1. The van der Waals surface area contributed by atoms with Gasteiger partial charge in [-0.2, -0.15) is 0 Å². The number of rotatable bonds is 2. The van der Waals surface area contributed by atoms with Crippen LogP contribution in [0.15, 0.2) is 114 Å². The SMILES string of the molecule is Cc1cc2c3c(c1)N(c1cc(C(C)(C)C)cc(C(C)(C)C)c1)c1c(ccc4oc5ccccc5c14)B3c1cc(C(C)(C)C)ccc1N2c1ccc(C(C)(C)C)cc1. The lowest BCUT2D eigenvalue weighted by Crippen LogP contribution is -2.61. The molecular formula is C53H57BN2O. The summed E-state index contributed by atoms with van der Waals surface area (Å²) in [5.74, 6) is 0. The Balaban J connectivity index is 1.44. The molecular weight excluding hydrogens is 691 g/mol. The average molecular weight is 749 g/mol. The van der Waals surface area contributed by atoms with Crippen molar-refractivity contribution in [2.75, 3.05) is 9.80 Å². The van der Waals surface area contributed by atoms with Crippen molar-refractivity contribution in [1.82, 2.24) is 0 Å². The molecule has 0 saturated heterocycles. The number of hydrogen-bond donors (Lipinski definition) is 0. The van der Waals surface area contributed by atoms with Crippen LogP contribution in [0.2, 0.25) is 0 Å². The summed E-state index contributed by atoms with van der Waals surface area (Å²) in [5.41, 5.74) is 19.6. The van der Waals surface area contributed by atoms with E-state index in [-0.39, 0.29) is 28.4 Å². The van der Waals surface area contributed by atoms with Crippen LogP contribution in [-0.2, 0) is 21.7 Å². The molecule has 0 aliphatic carbocycles. The predicted molar refractivity (Wildman–Crippen MR) is 247 cm³/mol. The van der Waals surface area contributed by atoms with Gasteiger partial charge in [0.05, 0.1) is 11.1 Å². The first-order chi connectivity index (χ1) is 26.7. The fourth-order valence-corrected chi connectivity index (χ4v) is 9.16. The van der Waals surface area contributed by atoms with Crippen molar-refractivity contribution in [2.45, 2.75) is 112 Å². The summed E-state index contributed by atoms with van der Waals surface area (Å²) in [6.07, 6.45) is 0. The van der Waals surface area contributed by atoms with E-state index < -0.39 is 0 Å². The van der Waals surface area contributed by atoms with Gasteiger partial charge in [0.15, 0.2) is 0 Å². The number of furan rings is 1. The van der Waals surface area contributed by atoms with E-state index >= 15 is 0 Å². The van der Waals surface area contributed by atoms with E-state index in [2.05, 4.69) is 209 Å². The third kappa shape index (κ3) is 6.01. The molecule has 288 valence electrons. The summed E-state index contributed by atoms with van der Waals surface area (Å²) < 4.78 is 6.68. The lowest BCUT2D eigenvalue weighted by molar-refractivity contribution is 0.569. The average Bonchev–Trinajstić information content (AvgIpc) is 3.52. The van der Waals surface area contributed by atoms with Gasteiger partial charge in [-0.3, -0.25) is 0 Å². The highest BCUT2D eigenvalue weighted by Gasteiger charge is 2.45. The van der Waals surface area contributed by atoms with Gasteiger partial charge in [0.2, 0.25) is 0 Å². The Bertz CT molecular complexity index is 2710. The third-order valence-corrected chi connectivity index (χ3v) is 12.5. The Morgan fingerprint density at radius 2 is 1.04 bits per heavy atom. The van der Waals surface area contributed by atoms with Crippen LogP contribution in [0, 0.1) is 6.92 Å². The maximum atomic E-state index is 6.68. The Morgan fingerprint density at radius 3 is 1.65 bits per heavy atom. The Labute approximate surface area is 340 Å². The molecule has 7 aromatic rings. The Morgan fingerprint density at radius 1 is 0.456 bits per heavy atom. The molecule has 1 aromatic heterocycles. The van der Waals surface area contributed by atoms with Crippen molar-refractivity contribution in [1.29, 1.82) is 0 Å². The molecule has 0 bridgehead atoms. The highest BCUT2D eigenvalue weighted by atomic mass is 16.3. The summed E-state index contributed by atoms with van der Waals surface area (Å²) in [5, 5.41) is 2.32. The number of fused-ring (bicyclic) bond motifs is 8. The topological polar surface area (TPSA) is 19.6 Å². The molecule has 2 aliphatic rings. The van der Waals surface area contributed by atoms with E-state index in [1.807, 2.05) is 0 Å². The lowest BCUT2D eigenvalue weighted by Gasteiger charge is -2.45. The van der Waals surface area contributed by atoms with E-state index in [9.17, 15) is 0 Å². The molecule has 0 fully saturated rings. The quantitative estimate of drug-likeness (QED) is 0.164. The minimum Gasteiger partial charge on any atom is -0.456 e. The van der Waals surface area contributed by atoms with Crippen molar-refractivity contribution in [3.05, 3.63) is 137 Å². The molecule has 0 amide bonds. The van der Waals surface area contributed by atoms with E-state index in [4.69, 9.17) is 4.42 Å². The summed E-state index contributed by atoms with van der Waals surface area (Å²) in [6.45, 7) is 30.1. The minimum atomic E-state index is -0.0458. The molecule has 0 radical (unpaired) electrons. The Kier molecular flexibility index (Phi) is 8.12. The van der Waals surface area contributed by atoms with Gasteiger partial charge in [0, 0.05) is 33.8 Å². The number of aryl methyl sites for hydroxylation is 1. The summed E-state index contributed by atoms with van der Waals surface area (Å²) in [6, 6.07) is 41.9. The van der Waals surface area contributed by atoms with Gasteiger partial charge in [-0.15, -0.1) is 0 Å². The van der Waals surface area contributed by atoms with Gasteiger partial charge in [0.25, 0.3) is 6.71 Å². The molecule has 0 unspecified atom stereocenters. The molecule has 0 N–H and O–H groups in total. The highest BCUT2D eigenvalue weighted by molar-refractivity contribution is 7.00. The summed E-state index contributed by atoms with van der Waals surface area (Å²) in [7, 11) is 0. The fraction of sp³-hybridized carbons (Fsp3) is 0.321.